The maximum Gasteiger partial charge on any atom is 0.197 e. The van der Waals surface area contributed by atoms with Crippen LogP contribution in [0.1, 0.15) is 24.6 Å². The summed E-state index contributed by atoms with van der Waals surface area (Å²) in [6.07, 6.45) is 7.35. The number of rotatable bonds is 3. The summed E-state index contributed by atoms with van der Waals surface area (Å²) >= 11 is 1.50. The second-order valence-corrected chi connectivity index (χ2v) is 5.56. The zero-order valence-electron chi connectivity index (χ0n) is 11.2. The van der Waals surface area contributed by atoms with Gasteiger partial charge in [0.2, 0.25) is 0 Å². The number of hydrogen-bond acceptors (Lipinski definition) is 6. The highest BCUT2D eigenvalue weighted by Crippen LogP contribution is 2.28. The summed E-state index contributed by atoms with van der Waals surface area (Å²) in [6, 6.07) is 0. The predicted molar refractivity (Wildman–Crippen MR) is 79.3 cm³/mol. The van der Waals surface area contributed by atoms with Gasteiger partial charge in [0.25, 0.3) is 0 Å². The van der Waals surface area contributed by atoms with Crippen LogP contribution in [0.2, 0.25) is 0 Å². The van der Waals surface area contributed by atoms with E-state index in [1.807, 2.05) is 7.05 Å². The van der Waals surface area contributed by atoms with Gasteiger partial charge in [0, 0.05) is 25.4 Å². The highest BCUT2D eigenvalue weighted by atomic mass is 35.5. The monoisotopic (exact) mass is 312 g/mol. The molecule has 0 spiro atoms. The lowest BCUT2D eigenvalue weighted by Crippen LogP contribution is -2.27. The van der Waals surface area contributed by atoms with Crippen LogP contribution in [-0.4, -0.2) is 37.8 Å². The Morgan fingerprint density at radius 1 is 1.25 bits per heavy atom. The van der Waals surface area contributed by atoms with Gasteiger partial charge in [0.15, 0.2) is 5.16 Å². The molecule has 0 aromatic carbocycles. The Balaban J connectivity index is 0.00000147. The maximum absolute atomic E-state index is 4.35. The summed E-state index contributed by atoms with van der Waals surface area (Å²) in [4.78, 5) is 8.30. The SMILES string of the molecule is Cl.Cn1c(Sc2cnccn2)nnc1C1CCNCC1. The Morgan fingerprint density at radius 3 is 2.75 bits per heavy atom. The molecule has 6 nitrogen and oxygen atoms in total. The van der Waals surface area contributed by atoms with Gasteiger partial charge in [-0.3, -0.25) is 4.98 Å². The average Bonchev–Trinajstić information content (AvgIpc) is 2.82. The van der Waals surface area contributed by atoms with Gasteiger partial charge in [-0.15, -0.1) is 22.6 Å². The van der Waals surface area contributed by atoms with Gasteiger partial charge in [0.05, 0.1) is 6.20 Å². The van der Waals surface area contributed by atoms with E-state index in [0.29, 0.717) is 5.92 Å². The topological polar surface area (TPSA) is 68.5 Å². The molecule has 3 heterocycles. The van der Waals surface area contributed by atoms with Crippen LogP contribution >= 0.6 is 24.2 Å². The van der Waals surface area contributed by atoms with Gasteiger partial charge in [-0.1, -0.05) is 0 Å². The summed E-state index contributed by atoms with van der Waals surface area (Å²) in [6.45, 7) is 2.12. The summed E-state index contributed by atoms with van der Waals surface area (Å²) < 4.78 is 2.08. The second kappa shape index (κ2) is 7.01. The molecule has 20 heavy (non-hydrogen) atoms. The van der Waals surface area contributed by atoms with E-state index in [-0.39, 0.29) is 12.4 Å². The molecule has 0 saturated carbocycles. The van der Waals surface area contributed by atoms with E-state index in [9.17, 15) is 0 Å². The molecule has 2 aromatic heterocycles. The minimum absolute atomic E-state index is 0. The Morgan fingerprint density at radius 2 is 2.05 bits per heavy atom. The fourth-order valence-electron chi connectivity index (χ4n) is 2.28. The van der Waals surface area contributed by atoms with Crippen LogP contribution < -0.4 is 5.32 Å². The van der Waals surface area contributed by atoms with E-state index in [2.05, 4.69) is 30.0 Å². The van der Waals surface area contributed by atoms with E-state index in [0.717, 1.165) is 41.9 Å². The Hall–Kier alpha value is -1.18. The minimum Gasteiger partial charge on any atom is -0.317 e. The molecule has 1 aliphatic heterocycles. The summed E-state index contributed by atoms with van der Waals surface area (Å²) in [7, 11) is 2.02. The smallest absolute Gasteiger partial charge is 0.197 e. The van der Waals surface area contributed by atoms with Crippen LogP contribution in [0, 0.1) is 0 Å². The zero-order chi connectivity index (χ0) is 13.1. The van der Waals surface area contributed by atoms with E-state index < -0.39 is 0 Å². The number of nitrogens with zero attached hydrogens (tertiary/aromatic N) is 5. The maximum atomic E-state index is 4.35. The first-order valence-electron chi connectivity index (χ1n) is 6.38. The van der Waals surface area contributed by atoms with Crippen molar-refractivity contribution >= 4 is 24.2 Å². The third kappa shape index (κ3) is 3.28. The van der Waals surface area contributed by atoms with Crippen molar-refractivity contribution in [3.8, 4) is 0 Å². The number of piperidine rings is 1. The third-order valence-electron chi connectivity index (χ3n) is 3.31. The van der Waals surface area contributed by atoms with Crippen LogP contribution in [0.4, 0.5) is 0 Å². The zero-order valence-corrected chi connectivity index (χ0v) is 12.8. The van der Waals surface area contributed by atoms with Gasteiger partial charge >= 0.3 is 0 Å². The molecule has 1 aliphatic rings. The molecular formula is C12H17ClN6S. The molecule has 3 rings (SSSR count). The molecule has 0 bridgehead atoms. The van der Waals surface area contributed by atoms with Crippen LogP contribution in [0.15, 0.2) is 28.8 Å². The lowest BCUT2D eigenvalue weighted by molar-refractivity contribution is 0.434. The third-order valence-corrected chi connectivity index (χ3v) is 4.27. The van der Waals surface area contributed by atoms with Crippen molar-refractivity contribution in [2.24, 2.45) is 7.05 Å². The predicted octanol–water partition coefficient (Wildman–Crippen LogP) is 1.65. The molecule has 2 aromatic rings. The molecule has 8 heteroatoms. The molecule has 1 fully saturated rings. The fraction of sp³-hybridized carbons (Fsp3) is 0.500. The van der Waals surface area contributed by atoms with Crippen molar-refractivity contribution < 1.29 is 0 Å². The fourth-order valence-corrected chi connectivity index (χ4v) is 3.01. The molecule has 108 valence electrons. The molecule has 0 atom stereocenters. The van der Waals surface area contributed by atoms with Crippen LogP contribution in [0.3, 0.4) is 0 Å². The lowest BCUT2D eigenvalue weighted by Gasteiger charge is -2.21. The Labute approximate surface area is 128 Å². The molecule has 0 amide bonds. The van der Waals surface area contributed by atoms with Crippen molar-refractivity contribution in [3.05, 3.63) is 24.4 Å². The molecule has 1 saturated heterocycles. The van der Waals surface area contributed by atoms with Crippen LogP contribution in [0.5, 0.6) is 0 Å². The number of aromatic nitrogens is 5. The molecule has 0 radical (unpaired) electrons. The normalized spacial score (nSPS) is 15.8. The second-order valence-electron chi connectivity index (χ2n) is 4.57. The lowest BCUT2D eigenvalue weighted by atomic mass is 9.97. The van der Waals surface area contributed by atoms with Crippen molar-refractivity contribution in [1.82, 2.24) is 30.0 Å². The molecule has 0 unspecified atom stereocenters. The van der Waals surface area contributed by atoms with Gasteiger partial charge in [-0.2, -0.15) is 0 Å². The summed E-state index contributed by atoms with van der Waals surface area (Å²) in [5, 5.41) is 13.7. The molecule has 0 aliphatic carbocycles. The number of halogens is 1. The first-order valence-corrected chi connectivity index (χ1v) is 7.20. The van der Waals surface area contributed by atoms with Crippen molar-refractivity contribution in [1.29, 1.82) is 0 Å². The van der Waals surface area contributed by atoms with Crippen LogP contribution in [0.25, 0.3) is 0 Å². The quantitative estimate of drug-likeness (QED) is 0.929. The average molecular weight is 313 g/mol. The molecule has 1 N–H and O–H groups in total. The van der Waals surface area contributed by atoms with Crippen molar-refractivity contribution in [2.75, 3.05) is 13.1 Å². The van der Waals surface area contributed by atoms with E-state index in [1.54, 1.807) is 18.6 Å². The van der Waals surface area contributed by atoms with Gasteiger partial charge in [-0.05, 0) is 37.7 Å². The number of hydrogen-bond donors (Lipinski definition) is 1. The summed E-state index contributed by atoms with van der Waals surface area (Å²) in [5.74, 6) is 1.59. The highest BCUT2D eigenvalue weighted by Gasteiger charge is 2.21. The van der Waals surface area contributed by atoms with E-state index >= 15 is 0 Å². The first-order chi connectivity index (χ1) is 9.34. The first kappa shape index (κ1) is 15.2. The van der Waals surface area contributed by atoms with Gasteiger partial charge in [0.1, 0.15) is 10.9 Å². The minimum atomic E-state index is 0. The van der Waals surface area contributed by atoms with Gasteiger partial charge < -0.3 is 9.88 Å². The van der Waals surface area contributed by atoms with E-state index in [1.165, 1.54) is 11.8 Å². The van der Waals surface area contributed by atoms with Crippen LogP contribution in [-0.2, 0) is 7.05 Å². The van der Waals surface area contributed by atoms with E-state index in [4.69, 9.17) is 0 Å². The summed E-state index contributed by atoms with van der Waals surface area (Å²) in [5.41, 5.74) is 0. The highest BCUT2D eigenvalue weighted by molar-refractivity contribution is 7.99. The Kier molecular flexibility index (Phi) is 5.33. The largest absolute Gasteiger partial charge is 0.317 e. The number of nitrogens with one attached hydrogen (secondary N) is 1. The van der Waals surface area contributed by atoms with Crippen molar-refractivity contribution in [2.45, 2.75) is 28.9 Å². The standard InChI is InChI=1S/C12H16N6S.ClH/c1-18-11(9-2-4-13-5-3-9)16-17-12(18)19-10-8-14-6-7-15-10;/h6-9,13H,2-5H2,1H3;1H. The van der Waals surface area contributed by atoms with Gasteiger partial charge in [-0.25, -0.2) is 4.98 Å². The Bertz CT molecular complexity index is 540. The molecular weight excluding hydrogens is 296 g/mol. The van der Waals surface area contributed by atoms with Crippen molar-refractivity contribution in [3.63, 3.8) is 0 Å².